The molecule has 0 aromatic carbocycles. The molecule has 2 N–H and O–H groups in total. The van der Waals surface area contributed by atoms with Gasteiger partial charge in [-0.2, -0.15) is 0 Å². The number of nitrogens with one attached hydrogen (secondary N) is 2. The highest BCUT2D eigenvalue weighted by Crippen LogP contribution is 2.27. The van der Waals surface area contributed by atoms with Crippen LogP contribution in [0.25, 0.3) is 0 Å². The second-order valence-electron chi connectivity index (χ2n) is 4.65. The van der Waals surface area contributed by atoms with E-state index in [-0.39, 0.29) is 12.1 Å². The Kier molecular flexibility index (Phi) is 4.97. The summed E-state index contributed by atoms with van der Waals surface area (Å²) in [5.74, 6) is 0. The molecule has 5 nitrogen and oxygen atoms in total. The number of sulfonamides is 1. The van der Waals surface area contributed by atoms with E-state index in [1.54, 1.807) is 13.2 Å². The summed E-state index contributed by atoms with van der Waals surface area (Å²) in [5, 5.41) is 3.18. The molecule has 0 saturated heterocycles. The van der Waals surface area contributed by atoms with Crippen LogP contribution in [0, 0.1) is 0 Å². The summed E-state index contributed by atoms with van der Waals surface area (Å²) in [6, 6.07) is 3.54. The van der Waals surface area contributed by atoms with Gasteiger partial charge < -0.3 is 10.1 Å². The molecule has 1 aliphatic rings. The van der Waals surface area contributed by atoms with Gasteiger partial charge >= 0.3 is 0 Å². The molecule has 1 aliphatic carbocycles. The molecular weight excluding hydrogens is 284 g/mol. The average Bonchev–Trinajstić information content (AvgIpc) is 2.80. The smallest absolute Gasteiger partial charge is 0.250 e. The van der Waals surface area contributed by atoms with Gasteiger partial charge in [0.2, 0.25) is 10.0 Å². The van der Waals surface area contributed by atoms with Crippen molar-refractivity contribution < 1.29 is 13.2 Å². The van der Waals surface area contributed by atoms with Crippen LogP contribution in [-0.2, 0) is 21.3 Å². The average molecular weight is 304 g/mol. The van der Waals surface area contributed by atoms with Crippen molar-refractivity contribution in [3.8, 4) is 0 Å². The van der Waals surface area contributed by atoms with Crippen molar-refractivity contribution in [2.24, 2.45) is 0 Å². The standard InChI is InChI=1S/C12H20N2O3S2/c1-3-13-8-11-4-5-12(18-11)19(15,16)14-9-6-10(7-9)17-2/h4-5,9-10,13-14H,3,6-8H2,1-2H3. The highest BCUT2D eigenvalue weighted by molar-refractivity contribution is 7.91. The summed E-state index contributed by atoms with van der Waals surface area (Å²) in [6.45, 7) is 3.61. The lowest BCUT2D eigenvalue weighted by molar-refractivity contribution is 0.0236. The van der Waals surface area contributed by atoms with Crippen LogP contribution >= 0.6 is 11.3 Å². The van der Waals surface area contributed by atoms with E-state index in [2.05, 4.69) is 10.0 Å². The minimum Gasteiger partial charge on any atom is -0.381 e. The lowest BCUT2D eigenvalue weighted by atomic mass is 9.90. The molecule has 1 fully saturated rings. The normalized spacial score (nSPS) is 23.3. The lowest BCUT2D eigenvalue weighted by Crippen LogP contribution is -2.47. The molecule has 1 aromatic heterocycles. The van der Waals surface area contributed by atoms with Crippen molar-refractivity contribution in [3.05, 3.63) is 17.0 Å². The molecular formula is C12H20N2O3S2. The Hall–Kier alpha value is -0.470. The van der Waals surface area contributed by atoms with Crippen LogP contribution in [0.5, 0.6) is 0 Å². The highest BCUT2D eigenvalue weighted by atomic mass is 32.2. The van der Waals surface area contributed by atoms with E-state index in [0.29, 0.717) is 10.8 Å². The predicted octanol–water partition coefficient (Wildman–Crippen LogP) is 1.31. The van der Waals surface area contributed by atoms with Crippen LogP contribution in [-0.4, -0.2) is 34.2 Å². The van der Waals surface area contributed by atoms with E-state index in [1.165, 1.54) is 11.3 Å². The van der Waals surface area contributed by atoms with Crippen molar-refractivity contribution in [3.63, 3.8) is 0 Å². The van der Waals surface area contributed by atoms with E-state index in [4.69, 9.17) is 4.74 Å². The number of rotatable bonds is 7. The van der Waals surface area contributed by atoms with Crippen LogP contribution in [0.1, 0.15) is 24.6 Å². The molecule has 108 valence electrons. The summed E-state index contributed by atoms with van der Waals surface area (Å²) in [4.78, 5) is 1.03. The van der Waals surface area contributed by atoms with Gasteiger partial charge in [0.1, 0.15) is 4.21 Å². The Labute approximate surface area is 118 Å². The first kappa shape index (κ1) is 14.9. The molecule has 2 rings (SSSR count). The molecule has 0 radical (unpaired) electrons. The van der Waals surface area contributed by atoms with Gasteiger partial charge in [-0.1, -0.05) is 6.92 Å². The SMILES string of the molecule is CCNCc1ccc(S(=O)(=O)NC2CC(OC)C2)s1. The van der Waals surface area contributed by atoms with Crippen molar-refractivity contribution in [2.45, 2.75) is 42.7 Å². The predicted molar refractivity (Wildman–Crippen MR) is 75.8 cm³/mol. The molecule has 0 amide bonds. The zero-order valence-corrected chi connectivity index (χ0v) is 12.8. The molecule has 7 heteroatoms. The third kappa shape index (κ3) is 3.76. The minimum absolute atomic E-state index is 0.00858. The van der Waals surface area contributed by atoms with Crippen LogP contribution < -0.4 is 10.0 Å². The van der Waals surface area contributed by atoms with E-state index >= 15 is 0 Å². The van der Waals surface area contributed by atoms with Crippen LogP contribution in [0.4, 0.5) is 0 Å². The maximum atomic E-state index is 12.2. The molecule has 19 heavy (non-hydrogen) atoms. The van der Waals surface area contributed by atoms with Gasteiger partial charge in [0, 0.05) is 24.6 Å². The van der Waals surface area contributed by atoms with Crippen molar-refractivity contribution in [1.82, 2.24) is 10.0 Å². The van der Waals surface area contributed by atoms with Gasteiger partial charge in [0.15, 0.2) is 0 Å². The molecule has 1 saturated carbocycles. The minimum atomic E-state index is -3.37. The number of methoxy groups -OCH3 is 1. The second-order valence-corrected chi connectivity index (χ2v) is 7.76. The molecule has 0 unspecified atom stereocenters. The second kappa shape index (κ2) is 6.32. The molecule has 0 aliphatic heterocycles. The zero-order chi connectivity index (χ0) is 13.9. The third-order valence-corrected chi connectivity index (χ3v) is 6.30. The Morgan fingerprint density at radius 2 is 2.16 bits per heavy atom. The highest BCUT2D eigenvalue weighted by Gasteiger charge is 2.33. The molecule has 1 aromatic rings. The first-order valence-corrected chi connectivity index (χ1v) is 8.69. The van der Waals surface area contributed by atoms with Gasteiger partial charge in [0.05, 0.1) is 6.10 Å². The molecule has 0 atom stereocenters. The first-order chi connectivity index (χ1) is 9.05. The van der Waals surface area contributed by atoms with Crippen molar-refractivity contribution in [1.29, 1.82) is 0 Å². The quantitative estimate of drug-likeness (QED) is 0.797. The van der Waals surface area contributed by atoms with E-state index < -0.39 is 10.0 Å². The number of hydrogen-bond acceptors (Lipinski definition) is 5. The zero-order valence-electron chi connectivity index (χ0n) is 11.2. The topological polar surface area (TPSA) is 67.4 Å². The van der Waals surface area contributed by atoms with Gasteiger partial charge in [-0.25, -0.2) is 13.1 Å². The summed E-state index contributed by atoms with van der Waals surface area (Å²) < 4.78 is 32.6. The summed E-state index contributed by atoms with van der Waals surface area (Å²) in [6.07, 6.45) is 1.71. The fourth-order valence-electron chi connectivity index (χ4n) is 1.98. The first-order valence-electron chi connectivity index (χ1n) is 6.39. The van der Waals surface area contributed by atoms with Gasteiger partial charge in [-0.3, -0.25) is 0 Å². The summed E-state index contributed by atoms with van der Waals surface area (Å²) >= 11 is 1.32. The number of ether oxygens (including phenoxy) is 1. The molecule has 0 bridgehead atoms. The van der Waals surface area contributed by atoms with Crippen LogP contribution in [0.15, 0.2) is 16.3 Å². The molecule has 0 spiro atoms. The maximum Gasteiger partial charge on any atom is 0.250 e. The number of thiophene rings is 1. The monoisotopic (exact) mass is 304 g/mol. The maximum absolute atomic E-state index is 12.2. The Morgan fingerprint density at radius 1 is 1.42 bits per heavy atom. The molecule has 1 heterocycles. The fourth-order valence-corrected chi connectivity index (χ4v) is 4.58. The Morgan fingerprint density at radius 3 is 2.79 bits per heavy atom. The van der Waals surface area contributed by atoms with E-state index in [1.807, 2.05) is 13.0 Å². The van der Waals surface area contributed by atoms with Crippen molar-refractivity contribution >= 4 is 21.4 Å². The van der Waals surface area contributed by atoms with Gasteiger partial charge in [-0.15, -0.1) is 11.3 Å². The van der Waals surface area contributed by atoms with Gasteiger partial charge in [-0.05, 0) is 31.5 Å². The summed E-state index contributed by atoms with van der Waals surface area (Å²) in [7, 11) is -1.72. The fraction of sp³-hybridized carbons (Fsp3) is 0.667. The lowest BCUT2D eigenvalue weighted by Gasteiger charge is -2.34. The van der Waals surface area contributed by atoms with Crippen LogP contribution in [0.2, 0.25) is 0 Å². The third-order valence-electron chi connectivity index (χ3n) is 3.20. The van der Waals surface area contributed by atoms with Crippen molar-refractivity contribution in [2.75, 3.05) is 13.7 Å². The Bertz CT molecular complexity index is 507. The van der Waals surface area contributed by atoms with Crippen LogP contribution in [0.3, 0.4) is 0 Å². The summed E-state index contributed by atoms with van der Waals surface area (Å²) in [5.41, 5.74) is 0. The number of hydrogen-bond donors (Lipinski definition) is 2. The van der Waals surface area contributed by atoms with Gasteiger partial charge in [0.25, 0.3) is 0 Å². The Balaban J connectivity index is 1.94. The largest absolute Gasteiger partial charge is 0.381 e. The van der Waals surface area contributed by atoms with E-state index in [0.717, 1.165) is 24.3 Å². The van der Waals surface area contributed by atoms with E-state index in [9.17, 15) is 8.42 Å².